The van der Waals surface area contributed by atoms with Gasteiger partial charge >= 0.3 is 0 Å². The molecule has 0 spiro atoms. The predicted octanol–water partition coefficient (Wildman–Crippen LogP) is 13.0. The number of furan rings is 1. The van der Waals surface area contributed by atoms with Crippen molar-refractivity contribution in [3.05, 3.63) is 170 Å². The van der Waals surface area contributed by atoms with E-state index in [4.69, 9.17) is 24.4 Å². The Labute approximate surface area is 313 Å². The molecule has 252 valence electrons. The maximum Gasteiger partial charge on any atom is 0.164 e. The molecule has 54 heavy (non-hydrogen) atoms. The van der Waals surface area contributed by atoms with Gasteiger partial charge in [0, 0.05) is 53.9 Å². The van der Waals surface area contributed by atoms with Gasteiger partial charge in [-0.3, -0.25) is 0 Å². The number of fused-ring (bicyclic) bond motifs is 8. The van der Waals surface area contributed by atoms with Crippen LogP contribution in [0, 0.1) is 0 Å². The van der Waals surface area contributed by atoms with Crippen LogP contribution >= 0.6 is 11.3 Å². The maximum absolute atomic E-state index is 6.32. The van der Waals surface area contributed by atoms with Crippen LogP contribution in [0.5, 0.6) is 0 Å². The van der Waals surface area contributed by atoms with Gasteiger partial charge in [0.2, 0.25) is 0 Å². The van der Waals surface area contributed by atoms with Gasteiger partial charge < -0.3 is 4.42 Å². The quantitative estimate of drug-likeness (QED) is 0.178. The SMILES string of the molecule is c1ccc(-c2nc(-c3ccccc3)nc(-c3ccc(-c4nc5cccc(-c6ccc7c(c6)oc6ccccc67)c5c5c4sc4ccccc45)cc3)n2)cc1. The lowest BCUT2D eigenvalue weighted by atomic mass is 9.95. The van der Waals surface area contributed by atoms with Crippen molar-refractivity contribution in [3.8, 4) is 56.5 Å². The Morgan fingerprint density at radius 2 is 0.963 bits per heavy atom. The molecule has 0 fully saturated rings. The number of rotatable bonds is 5. The molecule has 0 radical (unpaired) electrons. The normalized spacial score (nSPS) is 11.7. The van der Waals surface area contributed by atoms with Gasteiger partial charge in [-0.1, -0.05) is 140 Å². The fraction of sp³-hybridized carbons (Fsp3) is 0. The first-order valence-corrected chi connectivity index (χ1v) is 18.7. The summed E-state index contributed by atoms with van der Waals surface area (Å²) < 4.78 is 8.71. The molecule has 0 aliphatic heterocycles. The molecule has 0 N–H and O–H groups in total. The highest BCUT2D eigenvalue weighted by molar-refractivity contribution is 7.26. The molecule has 11 aromatic rings. The molecule has 0 bridgehead atoms. The van der Waals surface area contributed by atoms with E-state index in [1.807, 2.05) is 72.8 Å². The van der Waals surface area contributed by atoms with Gasteiger partial charge in [-0.2, -0.15) is 0 Å². The summed E-state index contributed by atoms with van der Waals surface area (Å²) in [5, 5.41) is 5.84. The van der Waals surface area contributed by atoms with E-state index < -0.39 is 0 Å². The summed E-state index contributed by atoms with van der Waals surface area (Å²) in [7, 11) is 0. The summed E-state index contributed by atoms with van der Waals surface area (Å²) in [5.41, 5.74) is 9.76. The van der Waals surface area contributed by atoms with E-state index in [1.165, 1.54) is 15.5 Å². The van der Waals surface area contributed by atoms with E-state index in [0.29, 0.717) is 17.5 Å². The third-order valence-corrected chi connectivity index (χ3v) is 11.3. The lowest BCUT2D eigenvalue weighted by Crippen LogP contribution is -2.00. The van der Waals surface area contributed by atoms with Crippen LogP contribution in [-0.4, -0.2) is 19.9 Å². The molecule has 0 unspecified atom stereocenters. The van der Waals surface area contributed by atoms with E-state index in [-0.39, 0.29) is 0 Å². The molecule has 0 atom stereocenters. The smallest absolute Gasteiger partial charge is 0.164 e. The van der Waals surface area contributed by atoms with Gasteiger partial charge in [0.25, 0.3) is 0 Å². The molecular formula is C48H28N4OS. The predicted molar refractivity (Wildman–Crippen MR) is 222 cm³/mol. The van der Waals surface area contributed by atoms with Gasteiger partial charge in [0.05, 0.1) is 15.9 Å². The Bertz CT molecular complexity index is 3150. The average Bonchev–Trinajstić information content (AvgIpc) is 3.82. The molecule has 7 aromatic carbocycles. The number of hydrogen-bond donors (Lipinski definition) is 0. The summed E-state index contributed by atoms with van der Waals surface area (Å²) in [6.45, 7) is 0. The van der Waals surface area contributed by atoms with Crippen molar-refractivity contribution in [1.29, 1.82) is 0 Å². The van der Waals surface area contributed by atoms with E-state index in [2.05, 4.69) is 97.1 Å². The van der Waals surface area contributed by atoms with Crippen LogP contribution in [0.15, 0.2) is 174 Å². The molecular weight excluding hydrogens is 681 g/mol. The standard InChI is InChI=1S/C48H28N4OS/c1-3-12-30(13-4-1)46-50-47(31-14-5-2-6-15-31)52-48(51-46)32-24-22-29(23-25-32)44-45-43(37-17-8-10-21-41(37)54-45)42-34(18-11-19-38(42)49-44)33-26-27-36-35-16-7-9-20-39(35)53-40(36)28-33/h1-28H. The zero-order valence-corrected chi connectivity index (χ0v) is 29.6. The van der Waals surface area contributed by atoms with E-state index in [0.717, 1.165) is 76.6 Å². The Morgan fingerprint density at radius 1 is 0.389 bits per heavy atom. The number of aromatic nitrogens is 4. The Kier molecular flexibility index (Phi) is 6.97. The second-order valence-electron chi connectivity index (χ2n) is 13.4. The molecule has 4 heterocycles. The molecule has 6 heteroatoms. The van der Waals surface area contributed by atoms with Gasteiger partial charge in [0.15, 0.2) is 17.5 Å². The first-order chi connectivity index (χ1) is 26.7. The first-order valence-electron chi connectivity index (χ1n) is 17.9. The van der Waals surface area contributed by atoms with Crippen molar-refractivity contribution in [3.63, 3.8) is 0 Å². The third kappa shape index (κ3) is 4.99. The van der Waals surface area contributed by atoms with Crippen molar-refractivity contribution in [1.82, 2.24) is 19.9 Å². The van der Waals surface area contributed by atoms with Crippen molar-refractivity contribution >= 4 is 64.4 Å². The highest BCUT2D eigenvalue weighted by atomic mass is 32.1. The van der Waals surface area contributed by atoms with Crippen LogP contribution in [0.1, 0.15) is 0 Å². The van der Waals surface area contributed by atoms with Crippen molar-refractivity contribution in [2.75, 3.05) is 0 Å². The number of nitrogens with zero attached hydrogens (tertiary/aromatic N) is 4. The van der Waals surface area contributed by atoms with Crippen LogP contribution in [0.4, 0.5) is 0 Å². The zero-order valence-electron chi connectivity index (χ0n) is 28.8. The van der Waals surface area contributed by atoms with E-state index >= 15 is 0 Å². The Balaban J connectivity index is 1.07. The molecule has 0 saturated heterocycles. The Morgan fingerprint density at radius 3 is 1.69 bits per heavy atom. The van der Waals surface area contributed by atoms with Crippen molar-refractivity contribution in [2.45, 2.75) is 0 Å². The number of pyridine rings is 1. The largest absolute Gasteiger partial charge is 0.456 e. The molecule has 5 nitrogen and oxygen atoms in total. The van der Waals surface area contributed by atoms with Crippen LogP contribution in [0.3, 0.4) is 0 Å². The van der Waals surface area contributed by atoms with Crippen molar-refractivity contribution in [2.24, 2.45) is 0 Å². The molecule has 0 saturated carbocycles. The highest BCUT2D eigenvalue weighted by Gasteiger charge is 2.20. The molecule has 0 aliphatic rings. The lowest BCUT2D eigenvalue weighted by molar-refractivity contribution is 0.669. The highest BCUT2D eigenvalue weighted by Crippen LogP contribution is 2.46. The summed E-state index contributed by atoms with van der Waals surface area (Å²) in [5.74, 6) is 1.91. The van der Waals surface area contributed by atoms with Crippen LogP contribution in [0.2, 0.25) is 0 Å². The van der Waals surface area contributed by atoms with Gasteiger partial charge in [-0.05, 0) is 41.5 Å². The van der Waals surface area contributed by atoms with Gasteiger partial charge in [-0.25, -0.2) is 19.9 Å². The summed E-state index contributed by atoms with van der Waals surface area (Å²) >= 11 is 1.79. The zero-order chi connectivity index (χ0) is 35.6. The second-order valence-corrected chi connectivity index (χ2v) is 14.4. The van der Waals surface area contributed by atoms with E-state index in [1.54, 1.807) is 11.3 Å². The molecule has 0 amide bonds. The van der Waals surface area contributed by atoms with Crippen LogP contribution in [-0.2, 0) is 0 Å². The Hall–Kier alpha value is -7.02. The van der Waals surface area contributed by atoms with Crippen LogP contribution < -0.4 is 0 Å². The van der Waals surface area contributed by atoms with Gasteiger partial charge in [0.1, 0.15) is 11.2 Å². The third-order valence-electron chi connectivity index (χ3n) is 10.1. The summed E-state index contributed by atoms with van der Waals surface area (Å²) in [6, 6.07) is 58.5. The summed E-state index contributed by atoms with van der Waals surface area (Å²) in [4.78, 5) is 20.2. The summed E-state index contributed by atoms with van der Waals surface area (Å²) in [6.07, 6.45) is 0. The molecule has 4 aromatic heterocycles. The average molecular weight is 709 g/mol. The first kappa shape index (κ1) is 30.6. The minimum absolute atomic E-state index is 0.624. The van der Waals surface area contributed by atoms with Crippen LogP contribution in [0.25, 0.3) is 110 Å². The van der Waals surface area contributed by atoms with Gasteiger partial charge in [-0.15, -0.1) is 11.3 Å². The monoisotopic (exact) mass is 708 g/mol. The maximum atomic E-state index is 6.32. The van der Waals surface area contributed by atoms with E-state index in [9.17, 15) is 0 Å². The minimum Gasteiger partial charge on any atom is -0.456 e. The fourth-order valence-electron chi connectivity index (χ4n) is 7.57. The number of benzene rings is 7. The topological polar surface area (TPSA) is 64.7 Å². The molecule has 11 rings (SSSR count). The number of hydrogen-bond acceptors (Lipinski definition) is 6. The number of para-hydroxylation sites is 1. The number of thiophene rings is 1. The minimum atomic E-state index is 0.624. The second kappa shape index (κ2) is 12.3. The molecule has 0 aliphatic carbocycles. The lowest BCUT2D eigenvalue weighted by Gasteiger charge is -2.12. The van der Waals surface area contributed by atoms with Crippen molar-refractivity contribution < 1.29 is 4.42 Å². The fourth-order valence-corrected chi connectivity index (χ4v) is 8.79.